The molecule has 1 heterocycles. The van der Waals surface area contributed by atoms with E-state index in [0.29, 0.717) is 5.92 Å². The lowest BCUT2D eigenvalue weighted by molar-refractivity contribution is 0.101. The summed E-state index contributed by atoms with van der Waals surface area (Å²) in [6, 6.07) is 8.57. The number of aryl methyl sites for hydroxylation is 1. The van der Waals surface area contributed by atoms with Crippen molar-refractivity contribution in [1.29, 1.82) is 0 Å². The van der Waals surface area contributed by atoms with Crippen molar-refractivity contribution in [1.82, 2.24) is 5.32 Å². The second-order valence-electron chi connectivity index (χ2n) is 5.23. The lowest BCUT2D eigenvalue weighted by Crippen LogP contribution is -2.41. The highest BCUT2D eigenvalue weighted by Gasteiger charge is 2.25. The predicted molar refractivity (Wildman–Crippen MR) is 71.0 cm³/mol. The molecule has 0 spiro atoms. The largest absolute Gasteiger partial charge is 0.387 e. The van der Waals surface area contributed by atoms with Gasteiger partial charge in [-0.3, -0.25) is 0 Å². The quantitative estimate of drug-likeness (QED) is 0.841. The van der Waals surface area contributed by atoms with Gasteiger partial charge < -0.3 is 10.4 Å². The van der Waals surface area contributed by atoms with Crippen LogP contribution in [0.2, 0.25) is 0 Å². The Hall–Kier alpha value is -0.860. The van der Waals surface area contributed by atoms with E-state index < -0.39 is 0 Å². The van der Waals surface area contributed by atoms with Gasteiger partial charge in [0, 0.05) is 6.04 Å². The van der Waals surface area contributed by atoms with Crippen molar-refractivity contribution >= 4 is 0 Å². The fourth-order valence-electron chi connectivity index (χ4n) is 2.57. The maximum Gasteiger partial charge on any atom is 0.0943 e. The first-order valence-electron chi connectivity index (χ1n) is 6.71. The third-order valence-corrected chi connectivity index (χ3v) is 3.81. The molecule has 1 aliphatic rings. The second kappa shape index (κ2) is 5.65. The van der Waals surface area contributed by atoms with Gasteiger partial charge in [-0.2, -0.15) is 0 Å². The number of aliphatic hydroxyl groups excluding tert-OH is 1. The number of aliphatic hydroxyl groups is 1. The van der Waals surface area contributed by atoms with Crippen LogP contribution < -0.4 is 5.32 Å². The summed E-state index contributed by atoms with van der Waals surface area (Å²) in [5, 5.41) is 13.8. The average molecular weight is 233 g/mol. The summed E-state index contributed by atoms with van der Waals surface area (Å²) in [6.07, 6.45) is 2.97. The van der Waals surface area contributed by atoms with Gasteiger partial charge in [0.15, 0.2) is 0 Å². The topological polar surface area (TPSA) is 32.3 Å². The highest BCUT2D eigenvalue weighted by atomic mass is 16.3. The predicted octanol–water partition coefficient (Wildman–Crippen LogP) is 2.67. The highest BCUT2D eigenvalue weighted by molar-refractivity contribution is 5.25. The van der Waals surface area contributed by atoms with Crippen LogP contribution in [0.5, 0.6) is 0 Å². The van der Waals surface area contributed by atoms with Crippen LogP contribution in [0.15, 0.2) is 24.3 Å². The smallest absolute Gasteiger partial charge is 0.0943 e. The Bertz CT molecular complexity index is 346. The Kier molecular flexibility index (Phi) is 4.19. The molecule has 2 heteroatoms. The fourth-order valence-corrected chi connectivity index (χ4v) is 2.57. The fraction of sp³-hybridized carbons (Fsp3) is 0.600. The SMILES string of the molecule is CCc1ccc(C(O)C2CC(C)CCN2)cc1. The van der Waals surface area contributed by atoms with Crippen molar-refractivity contribution in [3.05, 3.63) is 35.4 Å². The third kappa shape index (κ3) is 3.08. The van der Waals surface area contributed by atoms with Crippen molar-refractivity contribution in [3.8, 4) is 0 Å². The molecule has 1 aromatic carbocycles. The third-order valence-electron chi connectivity index (χ3n) is 3.81. The molecule has 0 aliphatic carbocycles. The van der Waals surface area contributed by atoms with E-state index in [9.17, 15) is 5.11 Å². The van der Waals surface area contributed by atoms with Crippen LogP contribution in [0.4, 0.5) is 0 Å². The molecule has 0 bridgehead atoms. The van der Waals surface area contributed by atoms with Gasteiger partial charge in [0.05, 0.1) is 6.10 Å². The normalized spacial score (nSPS) is 26.8. The molecule has 1 aliphatic heterocycles. The first kappa shape index (κ1) is 12.6. The zero-order valence-electron chi connectivity index (χ0n) is 10.8. The summed E-state index contributed by atoms with van der Waals surface area (Å²) in [7, 11) is 0. The van der Waals surface area contributed by atoms with Crippen molar-refractivity contribution < 1.29 is 5.11 Å². The van der Waals surface area contributed by atoms with Gasteiger partial charge in [-0.05, 0) is 42.9 Å². The molecule has 0 saturated carbocycles. The van der Waals surface area contributed by atoms with Gasteiger partial charge in [-0.15, -0.1) is 0 Å². The van der Waals surface area contributed by atoms with Gasteiger partial charge >= 0.3 is 0 Å². The van der Waals surface area contributed by atoms with Crippen LogP contribution in [0.3, 0.4) is 0 Å². The van der Waals surface area contributed by atoms with E-state index in [1.54, 1.807) is 0 Å². The first-order chi connectivity index (χ1) is 8.20. The molecule has 0 radical (unpaired) electrons. The molecule has 2 N–H and O–H groups in total. The summed E-state index contributed by atoms with van der Waals surface area (Å²) >= 11 is 0. The van der Waals surface area contributed by atoms with E-state index in [0.717, 1.165) is 24.9 Å². The number of benzene rings is 1. The Labute approximate surface area is 104 Å². The van der Waals surface area contributed by atoms with Gasteiger partial charge in [-0.25, -0.2) is 0 Å². The standard InChI is InChI=1S/C15H23NO/c1-3-12-4-6-13(7-5-12)15(17)14-10-11(2)8-9-16-14/h4-7,11,14-17H,3,8-10H2,1-2H3. The molecular weight excluding hydrogens is 210 g/mol. The minimum Gasteiger partial charge on any atom is -0.387 e. The molecular formula is C15H23NO. The molecule has 17 heavy (non-hydrogen) atoms. The Balaban J connectivity index is 2.04. The van der Waals surface area contributed by atoms with Crippen molar-refractivity contribution in [3.63, 3.8) is 0 Å². The van der Waals surface area contributed by atoms with E-state index in [1.165, 1.54) is 12.0 Å². The van der Waals surface area contributed by atoms with Crippen molar-refractivity contribution in [2.45, 2.75) is 45.3 Å². The van der Waals surface area contributed by atoms with Gasteiger partial charge in [0.2, 0.25) is 0 Å². The molecule has 0 amide bonds. The minimum atomic E-state index is -0.372. The lowest BCUT2D eigenvalue weighted by atomic mass is 9.88. The zero-order chi connectivity index (χ0) is 12.3. The van der Waals surface area contributed by atoms with E-state index in [2.05, 4.69) is 43.4 Å². The molecule has 94 valence electrons. The Morgan fingerprint density at radius 3 is 2.65 bits per heavy atom. The summed E-state index contributed by atoms with van der Waals surface area (Å²) in [5.74, 6) is 0.714. The molecule has 2 rings (SSSR count). The summed E-state index contributed by atoms with van der Waals surface area (Å²) in [4.78, 5) is 0. The Morgan fingerprint density at radius 1 is 1.35 bits per heavy atom. The van der Waals surface area contributed by atoms with Crippen LogP contribution in [-0.4, -0.2) is 17.7 Å². The summed E-state index contributed by atoms with van der Waals surface area (Å²) in [5.41, 5.74) is 2.36. The zero-order valence-corrected chi connectivity index (χ0v) is 10.8. The van der Waals surface area contributed by atoms with Crippen LogP contribution in [0, 0.1) is 5.92 Å². The van der Waals surface area contributed by atoms with Crippen LogP contribution >= 0.6 is 0 Å². The van der Waals surface area contributed by atoms with Crippen LogP contribution in [0.25, 0.3) is 0 Å². The van der Waals surface area contributed by atoms with E-state index in [4.69, 9.17) is 0 Å². The number of hydrogen-bond acceptors (Lipinski definition) is 2. The number of hydrogen-bond donors (Lipinski definition) is 2. The highest BCUT2D eigenvalue weighted by Crippen LogP contribution is 2.25. The Morgan fingerprint density at radius 2 is 2.06 bits per heavy atom. The number of nitrogens with one attached hydrogen (secondary N) is 1. The maximum atomic E-state index is 10.4. The molecule has 0 aromatic heterocycles. The van der Waals surface area contributed by atoms with Gasteiger partial charge in [0.25, 0.3) is 0 Å². The van der Waals surface area contributed by atoms with E-state index in [1.807, 2.05) is 0 Å². The average Bonchev–Trinajstić information content (AvgIpc) is 2.38. The number of piperidine rings is 1. The first-order valence-corrected chi connectivity index (χ1v) is 6.71. The number of rotatable bonds is 3. The van der Waals surface area contributed by atoms with Crippen molar-refractivity contribution in [2.24, 2.45) is 5.92 Å². The summed E-state index contributed by atoms with van der Waals surface area (Å²) < 4.78 is 0. The molecule has 1 fully saturated rings. The monoisotopic (exact) mass is 233 g/mol. The van der Waals surface area contributed by atoms with Crippen LogP contribution in [0.1, 0.15) is 43.9 Å². The molecule has 3 unspecified atom stereocenters. The lowest BCUT2D eigenvalue weighted by Gasteiger charge is -2.32. The van der Waals surface area contributed by atoms with Crippen LogP contribution in [-0.2, 0) is 6.42 Å². The maximum absolute atomic E-state index is 10.4. The summed E-state index contributed by atoms with van der Waals surface area (Å²) in [6.45, 7) is 5.44. The minimum absolute atomic E-state index is 0.214. The molecule has 1 saturated heterocycles. The van der Waals surface area contributed by atoms with E-state index >= 15 is 0 Å². The molecule has 2 nitrogen and oxygen atoms in total. The molecule has 3 atom stereocenters. The van der Waals surface area contributed by atoms with Gasteiger partial charge in [0.1, 0.15) is 0 Å². The second-order valence-corrected chi connectivity index (χ2v) is 5.23. The van der Waals surface area contributed by atoms with Gasteiger partial charge in [-0.1, -0.05) is 38.1 Å². The molecule has 1 aromatic rings. The van der Waals surface area contributed by atoms with Crippen molar-refractivity contribution in [2.75, 3.05) is 6.54 Å². The van der Waals surface area contributed by atoms with E-state index in [-0.39, 0.29) is 12.1 Å².